The van der Waals surface area contributed by atoms with Gasteiger partial charge in [0.1, 0.15) is 24.2 Å². The minimum Gasteiger partial charge on any atom is -0.481 e. The summed E-state index contributed by atoms with van der Waals surface area (Å²) in [5, 5.41) is 35.7. The van der Waals surface area contributed by atoms with Crippen molar-refractivity contribution >= 4 is 58.9 Å². The Kier molecular flexibility index (Phi) is 25.5. The molecule has 1 saturated heterocycles. The molecule has 2 aromatic heterocycles. The number of nitrogens with zero attached hydrogens (tertiary/aromatic N) is 4. The average Bonchev–Trinajstić information content (AvgIpc) is 3.87. The first-order chi connectivity index (χ1) is 35.6. The number of carbonyl (C=O) groups is 8. The number of anilines is 2. The number of carboxylic acids is 2. The van der Waals surface area contributed by atoms with Crippen molar-refractivity contribution in [3.8, 4) is 0 Å². The Bertz CT molecular complexity index is 2460. The summed E-state index contributed by atoms with van der Waals surface area (Å²) in [5.74, 6) is -6.27. The van der Waals surface area contributed by atoms with Crippen molar-refractivity contribution in [1.82, 2.24) is 41.0 Å². The number of unbranched alkanes of at least 4 members (excludes halogenated alkanes) is 3. The van der Waals surface area contributed by atoms with Crippen LogP contribution in [-0.4, -0.2) is 121 Å². The van der Waals surface area contributed by atoms with Crippen molar-refractivity contribution in [2.45, 2.75) is 129 Å². The number of aromatic nitrogens is 2. The van der Waals surface area contributed by atoms with E-state index in [0.29, 0.717) is 68.7 Å². The number of carbonyl (C=O) groups excluding carboxylic acids is 6. The van der Waals surface area contributed by atoms with Gasteiger partial charge in [0.25, 0.3) is 0 Å². The van der Waals surface area contributed by atoms with Crippen LogP contribution in [0.1, 0.15) is 101 Å². The molecule has 1 fully saturated rings. The zero-order chi connectivity index (χ0) is 53.4. The summed E-state index contributed by atoms with van der Waals surface area (Å²) < 4.78 is 0. The second kappa shape index (κ2) is 31.6. The molecule has 1 aliphatic rings. The van der Waals surface area contributed by atoms with Gasteiger partial charge >= 0.3 is 18.0 Å². The Morgan fingerprint density at radius 2 is 1.37 bits per heavy atom. The largest absolute Gasteiger partial charge is 0.481 e. The van der Waals surface area contributed by atoms with E-state index in [1.165, 1.54) is 4.90 Å². The van der Waals surface area contributed by atoms with Gasteiger partial charge in [-0.15, -0.1) is 0 Å². The van der Waals surface area contributed by atoms with Crippen LogP contribution in [0.5, 0.6) is 0 Å². The standard InChI is InChI=1S/C54H70N10O10.Tc/c1-36(2)49(52(71)64-31-15-21-45(64)53(72)73)62-51(70)44(33-48(67)68)60-50(69)43(59-47(66)32-38-23-25-39(26-24-38)58-54(74)61-42-19-7-6-16-37(42)3)20-10-13-29-57-46(65)22-5-4-14-30-63(34-40-17-8-11-27-55-40)35-41-18-9-12-28-56-41;/h6-9,11-12,16-19,23-28,36,43-45,49H,4-5,10,13-15,20-22,29-35H2,1-3H3,(H,57,65)(H,59,66)(H,60,69)(H,62,70)(H,67,68)(H,72,73)(H2,58,61,74);/t43-,44-,45-,49-;/m0./s1. The molecular formula is C54H70N10O10Tc. The van der Waals surface area contributed by atoms with E-state index in [1.54, 1.807) is 62.6 Å². The number of rotatable bonds is 29. The molecule has 0 bridgehead atoms. The van der Waals surface area contributed by atoms with Gasteiger partial charge in [0.15, 0.2) is 0 Å². The molecule has 5 rings (SSSR count). The summed E-state index contributed by atoms with van der Waals surface area (Å²) in [6.45, 7) is 7.76. The van der Waals surface area contributed by atoms with Crippen molar-refractivity contribution in [2.24, 2.45) is 5.92 Å². The summed E-state index contributed by atoms with van der Waals surface area (Å²) in [4.78, 5) is 117. The maximum absolute atomic E-state index is 14.0. The van der Waals surface area contributed by atoms with E-state index in [9.17, 15) is 48.6 Å². The molecule has 2 aromatic carbocycles. The van der Waals surface area contributed by atoms with Crippen LogP contribution in [0, 0.1) is 12.8 Å². The molecular weight excluding hydrogens is 1050 g/mol. The van der Waals surface area contributed by atoms with Crippen molar-refractivity contribution in [2.75, 3.05) is 30.3 Å². The summed E-state index contributed by atoms with van der Waals surface area (Å²) in [6.07, 6.45) is 6.75. The predicted octanol–water partition coefficient (Wildman–Crippen LogP) is 5.18. The topological polar surface area (TPSA) is 281 Å². The minimum absolute atomic E-state index is 0. The van der Waals surface area contributed by atoms with Crippen LogP contribution in [0.4, 0.5) is 16.2 Å². The second-order valence-corrected chi connectivity index (χ2v) is 18.8. The first-order valence-electron chi connectivity index (χ1n) is 25.2. The molecule has 7 amide bonds. The van der Waals surface area contributed by atoms with Crippen LogP contribution in [0.25, 0.3) is 0 Å². The molecule has 0 saturated carbocycles. The zero-order valence-electron chi connectivity index (χ0n) is 42.8. The minimum atomic E-state index is -1.67. The van der Waals surface area contributed by atoms with E-state index in [4.69, 9.17) is 0 Å². The number of aryl methyl sites for hydroxylation is 1. The number of para-hydroxylation sites is 1. The van der Waals surface area contributed by atoms with Crippen LogP contribution < -0.4 is 31.9 Å². The molecule has 0 spiro atoms. The van der Waals surface area contributed by atoms with Gasteiger partial charge in [-0.05, 0) is 118 Å². The van der Waals surface area contributed by atoms with Gasteiger partial charge in [-0.1, -0.05) is 62.7 Å². The molecule has 403 valence electrons. The first kappa shape index (κ1) is 60.5. The van der Waals surface area contributed by atoms with Crippen LogP contribution in [0.15, 0.2) is 97.3 Å². The van der Waals surface area contributed by atoms with Gasteiger partial charge < -0.3 is 47.0 Å². The molecule has 0 aliphatic carbocycles. The maximum atomic E-state index is 14.0. The van der Waals surface area contributed by atoms with Gasteiger partial charge in [0.2, 0.25) is 29.5 Å². The van der Waals surface area contributed by atoms with Crippen molar-refractivity contribution in [3.05, 3.63) is 120 Å². The fraction of sp³-hybridized carbons (Fsp3) is 0.444. The van der Waals surface area contributed by atoms with E-state index in [2.05, 4.69) is 46.8 Å². The third-order valence-electron chi connectivity index (χ3n) is 12.5. The van der Waals surface area contributed by atoms with Crippen LogP contribution >= 0.6 is 0 Å². The molecule has 1 radical (unpaired) electrons. The molecule has 1 aliphatic heterocycles. The number of urea groups is 1. The third-order valence-corrected chi connectivity index (χ3v) is 12.5. The quantitative estimate of drug-likeness (QED) is 0.0326. The second-order valence-electron chi connectivity index (χ2n) is 18.8. The molecule has 75 heavy (non-hydrogen) atoms. The van der Waals surface area contributed by atoms with E-state index in [0.717, 1.165) is 36.3 Å². The number of aliphatic carboxylic acids is 2. The fourth-order valence-corrected chi connectivity index (χ4v) is 8.54. The summed E-state index contributed by atoms with van der Waals surface area (Å²) in [7, 11) is 0. The smallest absolute Gasteiger partial charge is 0.326 e. The Morgan fingerprint density at radius 3 is 1.99 bits per heavy atom. The predicted molar refractivity (Wildman–Crippen MR) is 277 cm³/mol. The van der Waals surface area contributed by atoms with E-state index < -0.39 is 78.1 Å². The van der Waals surface area contributed by atoms with Gasteiger partial charge in [0, 0.05) is 76.5 Å². The van der Waals surface area contributed by atoms with E-state index in [1.807, 2.05) is 55.5 Å². The SMILES string of the molecule is Cc1ccccc1NC(=O)Nc1ccc(CC(=O)N[C@@H](CCCCNC(=O)CCCCCN(Cc2ccccn2)Cc2ccccn2)C(=O)N[C@@H](CC(=O)O)C(=O)N[C@H](C(=O)N2CCC[C@H]2C(=O)O)C(C)C)cc1.[Tc]. The number of hydrogen-bond donors (Lipinski definition) is 8. The third kappa shape index (κ3) is 21.0. The summed E-state index contributed by atoms with van der Waals surface area (Å²) in [5.41, 5.74) is 4.47. The van der Waals surface area contributed by atoms with E-state index >= 15 is 0 Å². The Balaban J connectivity index is 0.0000122. The molecule has 8 N–H and O–H groups in total. The fourth-order valence-electron chi connectivity index (χ4n) is 8.54. The van der Waals surface area contributed by atoms with Crippen molar-refractivity contribution in [3.63, 3.8) is 0 Å². The Morgan fingerprint density at radius 1 is 0.720 bits per heavy atom. The average molecular weight is 1120 g/mol. The Hall–Kier alpha value is -7.09. The molecule has 20 nitrogen and oxygen atoms in total. The monoisotopic (exact) mass is 1120 g/mol. The van der Waals surface area contributed by atoms with Gasteiger partial charge in [-0.25, -0.2) is 9.59 Å². The molecule has 4 aromatic rings. The summed E-state index contributed by atoms with van der Waals surface area (Å²) in [6, 6.07) is 19.9. The molecule has 0 unspecified atom stereocenters. The molecule has 4 atom stereocenters. The van der Waals surface area contributed by atoms with Crippen LogP contribution in [-0.2, 0) is 73.2 Å². The number of amides is 7. The Labute approximate surface area is 451 Å². The maximum Gasteiger partial charge on any atom is 0.326 e. The summed E-state index contributed by atoms with van der Waals surface area (Å²) >= 11 is 0. The number of nitrogens with one attached hydrogen (secondary N) is 6. The van der Waals surface area contributed by atoms with Gasteiger partial charge in [-0.3, -0.25) is 43.6 Å². The van der Waals surface area contributed by atoms with Crippen LogP contribution in [0.2, 0.25) is 0 Å². The van der Waals surface area contributed by atoms with Gasteiger partial charge in [0.05, 0.1) is 24.2 Å². The van der Waals surface area contributed by atoms with Gasteiger partial charge in [-0.2, -0.15) is 0 Å². The normalized spacial score (nSPS) is 14.1. The number of likely N-dealkylation sites (tertiary alicyclic amines) is 1. The van der Waals surface area contributed by atoms with Crippen molar-refractivity contribution < 1.29 is 68.7 Å². The van der Waals surface area contributed by atoms with Crippen molar-refractivity contribution in [1.29, 1.82) is 0 Å². The number of carboxylic acid groups (broad SMARTS) is 2. The molecule has 3 heterocycles. The van der Waals surface area contributed by atoms with Crippen LogP contribution in [0.3, 0.4) is 0 Å². The number of hydrogen-bond acceptors (Lipinski definition) is 11. The van der Waals surface area contributed by atoms with E-state index in [-0.39, 0.29) is 51.8 Å². The molecule has 21 heteroatoms. The number of benzene rings is 2. The zero-order valence-corrected chi connectivity index (χ0v) is 44.6. The first-order valence-corrected chi connectivity index (χ1v) is 25.2. The number of pyridine rings is 2.